The number of nitrogens with zero attached hydrogens (tertiary/aromatic N) is 3. The summed E-state index contributed by atoms with van der Waals surface area (Å²) < 4.78 is 5.32. The summed E-state index contributed by atoms with van der Waals surface area (Å²) in [7, 11) is 0. The van der Waals surface area contributed by atoms with Gasteiger partial charge in [-0.3, -0.25) is 14.5 Å². The quantitative estimate of drug-likeness (QED) is 0.820. The fraction of sp³-hybridized carbons (Fsp3) is 0.556. The van der Waals surface area contributed by atoms with Gasteiger partial charge in [0, 0.05) is 39.6 Å². The molecule has 0 aromatic heterocycles. The second-order valence-electron chi connectivity index (χ2n) is 6.36. The van der Waals surface area contributed by atoms with Gasteiger partial charge in [0.2, 0.25) is 11.8 Å². The van der Waals surface area contributed by atoms with Crippen molar-refractivity contribution >= 4 is 11.8 Å². The van der Waals surface area contributed by atoms with Gasteiger partial charge in [0.25, 0.3) is 0 Å². The van der Waals surface area contributed by atoms with E-state index in [1.807, 2.05) is 28.0 Å². The molecule has 1 aromatic carbocycles. The van der Waals surface area contributed by atoms with Crippen LogP contribution in [0.25, 0.3) is 0 Å². The molecule has 0 spiro atoms. The molecule has 2 fully saturated rings. The second-order valence-corrected chi connectivity index (χ2v) is 6.36. The Balaban J connectivity index is 1.72. The Bertz CT molecular complexity index is 572. The maximum Gasteiger partial charge on any atom is 0.236 e. The molecule has 3 rings (SSSR count). The molecule has 6 heteroatoms. The summed E-state index contributed by atoms with van der Waals surface area (Å²) in [6.45, 7) is 6.60. The Kier molecular flexibility index (Phi) is 5.48. The number of benzene rings is 1. The highest BCUT2D eigenvalue weighted by Gasteiger charge is 2.31. The largest absolute Gasteiger partial charge is 0.378 e. The minimum absolute atomic E-state index is 0.0637. The predicted molar refractivity (Wildman–Crippen MR) is 90.4 cm³/mol. The monoisotopic (exact) mass is 331 g/mol. The van der Waals surface area contributed by atoms with Gasteiger partial charge in [0.05, 0.1) is 25.8 Å². The fourth-order valence-electron chi connectivity index (χ4n) is 3.37. The molecule has 2 amide bonds. The van der Waals surface area contributed by atoms with Crippen LogP contribution >= 0.6 is 0 Å². The number of carbonyl (C=O) groups excluding carboxylic acids is 2. The summed E-state index contributed by atoms with van der Waals surface area (Å²) in [5.74, 6) is 0.241. The SMILES string of the molecule is CC(=O)N1CCN(CC(=O)N2CCOCC2)[C@H](c2ccccc2)C1. The molecule has 2 aliphatic heterocycles. The van der Waals surface area contributed by atoms with E-state index in [-0.39, 0.29) is 17.9 Å². The molecule has 130 valence electrons. The Morgan fingerprint density at radius 1 is 1.04 bits per heavy atom. The molecule has 0 unspecified atom stereocenters. The van der Waals surface area contributed by atoms with E-state index in [4.69, 9.17) is 4.74 Å². The minimum atomic E-state index is 0.0637. The van der Waals surface area contributed by atoms with Gasteiger partial charge in [-0.1, -0.05) is 30.3 Å². The van der Waals surface area contributed by atoms with Crippen LogP contribution in [0.1, 0.15) is 18.5 Å². The summed E-state index contributed by atoms with van der Waals surface area (Å²) in [4.78, 5) is 30.3. The highest BCUT2D eigenvalue weighted by atomic mass is 16.5. The van der Waals surface area contributed by atoms with Crippen LogP contribution in [0.2, 0.25) is 0 Å². The minimum Gasteiger partial charge on any atom is -0.378 e. The number of morpholine rings is 1. The van der Waals surface area contributed by atoms with Crippen LogP contribution in [0.4, 0.5) is 0 Å². The van der Waals surface area contributed by atoms with E-state index in [1.54, 1.807) is 6.92 Å². The molecule has 0 radical (unpaired) electrons. The predicted octanol–water partition coefficient (Wildman–Crippen LogP) is 0.751. The van der Waals surface area contributed by atoms with Crippen molar-refractivity contribution in [3.8, 4) is 0 Å². The number of ether oxygens (including phenoxy) is 1. The van der Waals surface area contributed by atoms with Gasteiger partial charge in [0.15, 0.2) is 0 Å². The molecule has 0 aliphatic carbocycles. The van der Waals surface area contributed by atoms with Crippen LogP contribution in [0.5, 0.6) is 0 Å². The summed E-state index contributed by atoms with van der Waals surface area (Å²) in [6, 6.07) is 10.2. The average Bonchev–Trinajstić information content (AvgIpc) is 2.63. The standard InChI is InChI=1S/C18H25N3O3/c1-15(22)20-7-8-21(14-18(23)19-9-11-24-12-10-19)17(13-20)16-5-3-2-4-6-16/h2-6,17H,7-14H2,1H3/t17-/m0/s1. The third kappa shape index (κ3) is 3.94. The number of rotatable bonds is 3. The summed E-state index contributed by atoms with van der Waals surface area (Å²) in [6.07, 6.45) is 0. The van der Waals surface area contributed by atoms with Crippen molar-refractivity contribution in [2.24, 2.45) is 0 Å². The Morgan fingerprint density at radius 2 is 1.75 bits per heavy atom. The van der Waals surface area contributed by atoms with Crippen molar-refractivity contribution < 1.29 is 14.3 Å². The molecular weight excluding hydrogens is 306 g/mol. The van der Waals surface area contributed by atoms with E-state index in [2.05, 4.69) is 17.0 Å². The van der Waals surface area contributed by atoms with Crippen molar-refractivity contribution in [3.63, 3.8) is 0 Å². The number of amides is 2. The lowest BCUT2D eigenvalue weighted by molar-refractivity contribution is -0.139. The Morgan fingerprint density at radius 3 is 2.42 bits per heavy atom. The molecule has 1 aromatic rings. The van der Waals surface area contributed by atoms with Crippen molar-refractivity contribution in [3.05, 3.63) is 35.9 Å². The average molecular weight is 331 g/mol. The first-order valence-electron chi connectivity index (χ1n) is 8.55. The third-order valence-electron chi connectivity index (χ3n) is 4.82. The van der Waals surface area contributed by atoms with E-state index in [0.717, 1.165) is 12.1 Å². The van der Waals surface area contributed by atoms with Crippen LogP contribution < -0.4 is 0 Å². The van der Waals surface area contributed by atoms with Gasteiger partial charge in [-0.15, -0.1) is 0 Å². The van der Waals surface area contributed by atoms with Crippen LogP contribution in [0, 0.1) is 0 Å². The molecule has 2 saturated heterocycles. The van der Waals surface area contributed by atoms with Crippen LogP contribution in [0.3, 0.4) is 0 Å². The van der Waals surface area contributed by atoms with Gasteiger partial charge in [-0.25, -0.2) is 0 Å². The molecule has 1 atom stereocenters. The number of piperazine rings is 1. The number of carbonyl (C=O) groups is 2. The van der Waals surface area contributed by atoms with E-state index >= 15 is 0 Å². The van der Waals surface area contributed by atoms with Crippen molar-refractivity contribution in [2.45, 2.75) is 13.0 Å². The third-order valence-corrected chi connectivity index (χ3v) is 4.82. The normalized spacial score (nSPS) is 22.5. The van der Waals surface area contributed by atoms with E-state index in [9.17, 15) is 9.59 Å². The van der Waals surface area contributed by atoms with Crippen molar-refractivity contribution in [2.75, 3.05) is 52.5 Å². The molecular formula is C18H25N3O3. The van der Waals surface area contributed by atoms with E-state index < -0.39 is 0 Å². The van der Waals surface area contributed by atoms with Crippen LogP contribution in [0.15, 0.2) is 30.3 Å². The van der Waals surface area contributed by atoms with Gasteiger partial charge in [-0.05, 0) is 5.56 Å². The van der Waals surface area contributed by atoms with Gasteiger partial charge < -0.3 is 14.5 Å². The molecule has 2 heterocycles. The fourth-order valence-corrected chi connectivity index (χ4v) is 3.37. The first-order chi connectivity index (χ1) is 11.6. The van der Waals surface area contributed by atoms with Crippen molar-refractivity contribution in [1.82, 2.24) is 14.7 Å². The summed E-state index contributed by atoms with van der Waals surface area (Å²) >= 11 is 0. The summed E-state index contributed by atoms with van der Waals surface area (Å²) in [5, 5.41) is 0. The van der Waals surface area contributed by atoms with Crippen LogP contribution in [-0.4, -0.2) is 79.0 Å². The van der Waals surface area contributed by atoms with Crippen molar-refractivity contribution in [1.29, 1.82) is 0 Å². The molecule has 6 nitrogen and oxygen atoms in total. The number of hydrogen-bond acceptors (Lipinski definition) is 4. The first-order valence-corrected chi connectivity index (χ1v) is 8.55. The van der Waals surface area contributed by atoms with Gasteiger partial charge >= 0.3 is 0 Å². The topological polar surface area (TPSA) is 53.1 Å². The summed E-state index contributed by atoms with van der Waals surface area (Å²) in [5.41, 5.74) is 1.15. The highest BCUT2D eigenvalue weighted by Crippen LogP contribution is 2.25. The number of hydrogen-bond donors (Lipinski definition) is 0. The zero-order valence-electron chi connectivity index (χ0n) is 14.2. The van der Waals surface area contributed by atoms with E-state index in [1.165, 1.54) is 0 Å². The zero-order chi connectivity index (χ0) is 16.9. The molecule has 0 N–H and O–H groups in total. The molecule has 2 aliphatic rings. The second kappa shape index (κ2) is 7.77. The molecule has 24 heavy (non-hydrogen) atoms. The lowest BCUT2D eigenvalue weighted by Gasteiger charge is -2.42. The molecule has 0 bridgehead atoms. The molecule has 0 saturated carbocycles. The highest BCUT2D eigenvalue weighted by molar-refractivity contribution is 5.78. The van der Waals surface area contributed by atoms with Gasteiger partial charge in [0.1, 0.15) is 0 Å². The van der Waals surface area contributed by atoms with Gasteiger partial charge in [-0.2, -0.15) is 0 Å². The maximum atomic E-state index is 12.6. The lowest BCUT2D eigenvalue weighted by atomic mass is 10.0. The lowest BCUT2D eigenvalue weighted by Crippen LogP contribution is -2.53. The zero-order valence-corrected chi connectivity index (χ0v) is 14.2. The maximum absolute atomic E-state index is 12.6. The van der Waals surface area contributed by atoms with E-state index in [0.29, 0.717) is 45.9 Å². The Labute approximate surface area is 143 Å². The Hall–Kier alpha value is -1.92. The first kappa shape index (κ1) is 16.9. The van der Waals surface area contributed by atoms with Crippen LogP contribution in [-0.2, 0) is 14.3 Å². The smallest absolute Gasteiger partial charge is 0.236 e.